The summed E-state index contributed by atoms with van der Waals surface area (Å²) in [6.45, 7) is 5.67. The average molecular weight is 360 g/mol. The Bertz CT molecular complexity index is 636. The lowest BCUT2D eigenvalue weighted by Gasteiger charge is -2.27. The fraction of sp³-hybridized carbons (Fsp3) is 0.263. The Morgan fingerprint density at radius 1 is 0.840 bits per heavy atom. The molecule has 0 saturated carbocycles. The van der Waals surface area contributed by atoms with E-state index in [0.717, 1.165) is 24.3 Å². The van der Waals surface area contributed by atoms with Crippen LogP contribution in [-0.4, -0.2) is 25.2 Å². The Morgan fingerprint density at radius 3 is 1.56 bits per heavy atom. The van der Waals surface area contributed by atoms with Gasteiger partial charge in [0.15, 0.2) is 5.54 Å². The normalized spacial score (nSPS) is 14.5. The Hall–Kier alpha value is -2.23. The maximum Gasteiger partial charge on any atom is 0.322 e. The van der Waals surface area contributed by atoms with Gasteiger partial charge in [-0.25, -0.2) is 4.79 Å². The van der Waals surface area contributed by atoms with Crippen LogP contribution in [0.1, 0.15) is 25.0 Å². The van der Waals surface area contributed by atoms with Crippen molar-refractivity contribution in [1.29, 1.82) is 0 Å². The van der Waals surface area contributed by atoms with Crippen LogP contribution in [0.3, 0.4) is 0 Å². The molecule has 3 rings (SSSR count). The van der Waals surface area contributed by atoms with Gasteiger partial charge >= 0.3 is 6.03 Å². The van der Waals surface area contributed by atoms with E-state index in [0.29, 0.717) is 0 Å². The van der Waals surface area contributed by atoms with Crippen LogP contribution in [0.5, 0.6) is 0 Å². The number of hydrogen-bond acceptors (Lipinski definition) is 3. The molecule has 1 aliphatic heterocycles. The fourth-order valence-electron chi connectivity index (χ4n) is 2.61. The predicted octanol–water partition coefficient (Wildman–Crippen LogP) is 2.87. The van der Waals surface area contributed by atoms with Crippen molar-refractivity contribution in [1.82, 2.24) is 10.6 Å². The number of rotatable bonds is 4. The quantitative estimate of drug-likeness (QED) is 0.651. The third-order valence-corrected chi connectivity index (χ3v) is 3.69. The Kier molecular flexibility index (Phi) is 8.26. The lowest BCUT2D eigenvalue weighted by molar-refractivity contribution is -0.122. The van der Waals surface area contributed by atoms with E-state index >= 15 is 0 Å². The van der Waals surface area contributed by atoms with E-state index in [1.54, 1.807) is 0 Å². The van der Waals surface area contributed by atoms with E-state index in [4.69, 9.17) is 4.74 Å². The number of benzene rings is 2. The summed E-state index contributed by atoms with van der Waals surface area (Å²) in [5.74, 6) is -0.352. The summed E-state index contributed by atoms with van der Waals surface area (Å²) in [5, 5.41) is 5.07. The third-order valence-electron chi connectivity index (χ3n) is 3.69. The molecule has 1 aliphatic rings. The SMILES string of the molecule is CCOCC.O=C1NC(=O)C(c2ccccc2)(c2ccccc2)N1.P. The first-order chi connectivity index (χ1) is 11.6. The third kappa shape index (κ3) is 4.65. The van der Waals surface area contributed by atoms with Gasteiger partial charge in [0.05, 0.1) is 0 Å². The van der Waals surface area contributed by atoms with Gasteiger partial charge in [0.2, 0.25) is 0 Å². The summed E-state index contributed by atoms with van der Waals surface area (Å²) in [4.78, 5) is 23.9. The molecule has 1 unspecified atom stereocenters. The molecule has 2 aromatic rings. The van der Waals surface area contributed by atoms with E-state index < -0.39 is 11.6 Å². The lowest BCUT2D eigenvalue weighted by atomic mass is 9.83. The van der Waals surface area contributed by atoms with Crippen LogP contribution >= 0.6 is 9.90 Å². The summed E-state index contributed by atoms with van der Waals surface area (Å²) in [6.07, 6.45) is 0. The van der Waals surface area contributed by atoms with E-state index in [-0.39, 0.29) is 15.8 Å². The number of urea groups is 1. The summed E-state index contributed by atoms with van der Waals surface area (Å²) in [6, 6.07) is 18.0. The Balaban J connectivity index is 0.000000462. The summed E-state index contributed by atoms with van der Waals surface area (Å²) in [7, 11) is 0. The number of carbonyl (C=O) groups excluding carboxylic acids is 2. The van der Waals surface area contributed by atoms with Crippen LogP contribution in [0, 0.1) is 0 Å². The standard InChI is InChI=1S/C15H12N2O2.C4H10O.H3P/c18-13-15(17-14(19)16-13,11-7-3-1-4-8-11)12-9-5-2-6-10-12;1-3-5-4-2;/h1-10H,(H2,16,17,18,19);3-4H2,1-2H3;1H3. The van der Waals surface area contributed by atoms with E-state index in [9.17, 15) is 9.59 Å². The minimum atomic E-state index is -1.14. The molecule has 1 heterocycles. The van der Waals surface area contributed by atoms with E-state index in [1.807, 2.05) is 74.5 Å². The maximum atomic E-state index is 12.3. The van der Waals surface area contributed by atoms with Gasteiger partial charge in [0.1, 0.15) is 0 Å². The van der Waals surface area contributed by atoms with Gasteiger partial charge in [-0.05, 0) is 25.0 Å². The van der Waals surface area contributed by atoms with E-state index in [1.165, 1.54) is 0 Å². The Morgan fingerprint density at radius 2 is 1.28 bits per heavy atom. The molecular formula is C19H25N2O3P. The molecule has 6 heteroatoms. The zero-order chi connectivity index (χ0) is 17.4. The minimum Gasteiger partial charge on any atom is -0.382 e. The minimum absolute atomic E-state index is 0. The molecule has 3 amide bonds. The number of imide groups is 1. The van der Waals surface area contributed by atoms with Crippen molar-refractivity contribution in [2.24, 2.45) is 0 Å². The van der Waals surface area contributed by atoms with Crippen molar-refractivity contribution < 1.29 is 14.3 Å². The molecule has 134 valence electrons. The van der Waals surface area contributed by atoms with Crippen molar-refractivity contribution in [3.05, 3.63) is 71.8 Å². The van der Waals surface area contributed by atoms with Gasteiger partial charge in [-0.2, -0.15) is 9.90 Å². The average Bonchev–Trinajstić information content (AvgIpc) is 2.93. The molecule has 0 aliphatic carbocycles. The van der Waals surface area contributed by atoms with Crippen molar-refractivity contribution in [2.75, 3.05) is 13.2 Å². The van der Waals surface area contributed by atoms with Crippen molar-refractivity contribution in [3.8, 4) is 0 Å². The number of hydrogen-bond donors (Lipinski definition) is 2. The molecule has 5 nitrogen and oxygen atoms in total. The lowest BCUT2D eigenvalue weighted by Crippen LogP contribution is -2.44. The first kappa shape index (κ1) is 20.8. The number of nitrogens with one attached hydrogen (secondary N) is 2. The van der Waals surface area contributed by atoms with Crippen LogP contribution in [0.15, 0.2) is 60.7 Å². The second-order valence-corrected chi connectivity index (χ2v) is 5.17. The van der Waals surface area contributed by atoms with Gasteiger partial charge < -0.3 is 10.1 Å². The van der Waals surface area contributed by atoms with Crippen molar-refractivity contribution in [3.63, 3.8) is 0 Å². The largest absolute Gasteiger partial charge is 0.382 e. The van der Waals surface area contributed by atoms with Gasteiger partial charge in [-0.15, -0.1) is 0 Å². The van der Waals surface area contributed by atoms with Gasteiger partial charge in [0.25, 0.3) is 5.91 Å². The highest BCUT2D eigenvalue weighted by Gasteiger charge is 2.48. The maximum absolute atomic E-state index is 12.3. The molecule has 0 spiro atoms. The molecule has 0 aromatic heterocycles. The summed E-state index contributed by atoms with van der Waals surface area (Å²) >= 11 is 0. The van der Waals surface area contributed by atoms with Crippen LogP contribution < -0.4 is 10.6 Å². The first-order valence-corrected chi connectivity index (χ1v) is 7.97. The molecule has 1 fully saturated rings. The topological polar surface area (TPSA) is 67.4 Å². The number of ether oxygens (including phenoxy) is 1. The zero-order valence-electron chi connectivity index (χ0n) is 14.6. The smallest absolute Gasteiger partial charge is 0.322 e. The summed E-state index contributed by atoms with van der Waals surface area (Å²) < 4.78 is 4.83. The molecule has 0 bridgehead atoms. The highest BCUT2D eigenvalue weighted by Crippen LogP contribution is 2.32. The molecule has 1 atom stereocenters. The van der Waals surface area contributed by atoms with Crippen molar-refractivity contribution >= 4 is 21.8 Å². The van der Waals surface area contributed by atoms with Crippen LogP contribution in [0.2, 0.25) is 0 Å². The van der Waals surface area contributed by atoms with Gasteiger partial charge in [-0.1, -0.05) is 60.7 Å². The molecule has 2 N–H and O–H groups in total. The highest BCUT2D eigenvalue weighted by atomic mass is 31.0. The Labute approximate surface area is 151 Å². The molecule has 0 radical (unpaired) electrons. The number of amides is 3. The molecule has 2 aromatic carbocycles. The zero-order valence-corrected chi connectivity index (χ0v) is 16.0. The van der Waals surface area contributed by atoms with Crippen molar-refractivity contribution in [2.45, 2.75) is 19.4 Å². The summed E-state index contributed by atoms with van der Waals surface area (Å²) in [5.41, 5.74) is 0.341. The predicted molar refractivity (Wildman–Crippen MR) is 104 cm³/mol. The second kappa shape index (κ2) is 9.92. The van der Waals surface area contributed by atoms with Gasteiger partial charge in [-0.3, -0.25) is 10.1 Å². The second-order valence-electron chi connectivity index (χ2n) is 5.17. The molecule has 1 saturated heterocycles. The van der Waals surface area contributed by atoms with Gasteiger partial charge in [0, 0.05) is 13.2 Å². The molecule has 25 heavy (non-hydrogen) atoms. The first-order valence-electron chi connectivity index (χ1n) is 7.97. The molecular weight excluding hydrogens is 335 g/mol. The fourth-order valence-corrected chi connectivity index (χ4v) is 2.61. The van der Waals surface area contributed by atoms with E-state index in [2.05, 4.69) is 10.6 Å². The van der Waals surface area contributed by atoms with Crippen LogP contribution in [-0.2, 0) is 15.1 Å². The number of carbonyl (C=O) groups is 2. The highest BCUT2D eigenvalue weighted by molar-refractivity contribution is 6.92. The van der Waals surface area contributed by atoms with Crippen LogP contribution in [0.4, 0.5) is 4.79 Å². The van der Waals surface area contributed by atoms with Crippen LogP contribution in [0.25, 0.3) is 0 Å². The monoisotopic (exact) mass is 360 g/mol.